The number of carbonyl (C=O) groups is 1. The highest BCUT2D eigenvalue weighted by Gasteiger charge is 2.35. The lowest BCUT2D eigenvalue weighted by Crippen LogP contribution is -2.53. The fraction of sp³-hybridized carbons (Fsp3) is 0.929. The maximum Gasteiger partial charge on any atom is 0.223 e. The summed E-state index contributed by atoms with van der Waals surface area (Å²) < 4.78 is 0. The van der Waals surface area contributed by atoms with E-state index in [0.29, 0.717) is 0 Å². The summed E-state index contributed by atoms with van der Waals surface area (Å²) in [6.07, 6.45) is 6.75. The van der Waals surface area contributed by atoms with E-state index in [1.54, 1.807) is 0 Å². The van der Waals surface area contributed by atoms with Crippen LogP contribution in [0.15, 0.2) is 0 Å². The molecule has 0 aliphatic heterocycles. The minimum Gasteiger partial charge on any atom is -0.350 e. The molecule has 3 heteroatoms. The van der Waals surface area contributed by atoms with Crippen molar-refractivity contribution in [3.63, 3.8) is 0 Å². The van der Waals surface area contributed by atoms with Crippen LogP contribution < -0.4 is 5.32 Å². The predicted octanol–water partition coefficient (Wildman–Crippen LogP) is 3.88. The van der Waals surface area contributed by atoms with E-state index in [1.807, 2.05) is 6.92 Å². The first-order valence-electron chi connectivity index (χ1n) is 6.91. The van der Waals surface area contributed by atoms with Gasteiger partial charge in [0.25, 0.3) is 0 Å². The van der Waals surface area contributed by atoms with Crippen molar-refractivity contribution in [1.82, 2.24) is 5.32 Å². The van der Waals surface area contributed by atoms with Gasteiger partial charge in [0.15, 0.2) is 0 Å². The molecule has 0 aromatic rings. The summed E-state index contributed by atoms with van der Waals surface area (Å²) in [7, 11) is 0. The third-order valence-electron chi connectivity index (χ3n) is 4.04. The van der Waals surface area contributed by atoms with Crippen LogP contribution in [-0.4, -0.2) is 16.8 Å². The number of hydrogen-bond donors (Lipinski definition) is 1. The summed E-state index contributed by atoms with van der Waals surface area (Å²) in [5.74, 6) is 1.20. The van der Waals surface area contributed by atoms with E-state index in [1.165, 1.54) is 12.8 Å². The van der Waals surface area contributed by atoms with Crippen LogP contribution in [0.2, 0.25) is 0 Å². The molecule has 1 unspecified atom stereocenters. The van der Waals surface area contributed by atoms with Crippen molar-refractivity contribution in [2.45, 2.75) is 64.8 Å². The molecule has 0 aromatic carbocycles. The highest BCUT2D eigenvalue weighted by atomic mass is 79.9. The standard InChI is InChI=1S/C14H26BrNO/c1-4-5-12(3)13(17)16-14(10-15)8-6-11(2)7-9-14/h11-12H,4-10H2,1-3H3,(H,16,17). The molecular weight excluding hydrogens is 278 g/mol. The lowest BCUT2D eigenvalue weighted by molar-refractivity contribution is -0.126. The molecule has 0 radical (unpaired) electrons. The van der Waals surface area contributed by atoms with Gasteiger partial charge in [-0.3, -0.25) is 4.79 Å². The van der Waals surface area contributed by atoms with Crippen LogP contribution in [0.4, 0.5) is 0 Å². The van der Waals surface area contributed by atoms with Crippen molar-refractivity contribution in [2.75, 3.05) is 5.33 Å². The van der Waals surface area contributed by atoms with Gasteiger partial charge in [-0.15, -0.1) is 0 Å². The third-order valence-corrected chi connectivity index (χ3v) is 5.12. The fourth-order valence-electron chi connectivity index (χ4n) is 2.56. The Bertz CT molecular complexity index is 247. The second-order valence-electron chi connectivity index (χ2n) is 5.78. The predicted molar refractivity (Wildman–Crippen MR) is 76.4 cm³/mol. The summed E-state index contributed by atoms with van der Waals surface area (Å²) >= 11 is 3.59. The Morgan fingerprint density at radius 1 is 1.47 bits per heavy atom. The van der Waals surface area contributed by atoms with Crippen LogP contribution in [-0.2, 0) is 4.79 Å². The largest absolute Gasteiger partial charge is 0.350 e. The minimum absolute atomic E-state index is 0.0194. The molecule has 1 fully saturated rings. The Morgan fingerprint density at radius 3 is 2.53 bits per heavy atom. The molecule has 2 nitrogen and oxygen atoms in total. The molecule has 0 bridgehead atoms. The van der Waals surface area contributed by atoms with Gasteiger partial charge in [-0.1, -0.05) is 43.1 Å². The van der Waals surface area contributed by atoms with Gasteiger partial charge in [0.05, 0.1) is 0 Å². The van der Waals surface area contributed by atoms with Crippen molar-refractivity contribution in [3.8, 4) is 0 Å². The van der Waals surface area contributed by atoms with E-state index in [4.69, 9.17) is 0 Å². The molecule has 0 heterocycles. The maximum atomic E-state index is 12.1. The molecule has 0 aromatic heterocycles. The van der Waals surface area contributed by atoms with Crippen LogP contribution in [0.5, 0.6) is 0 Å². The summed E-state index contributed by atoms with van der Waals surface area (Å²) in [5.41, 5.74) is 0.0194. The fourth-order valence-corrected chi connectivity index (χ4v) is 3.26. The van der Waals surface area contributed by atoms with E-state index >= 15 is 0 Å². The van der Waals surface area contributed by atoms with E-state index in [9.17, 15) is 4.79 Å². The molecule has 1 saturated carbocycles. The molecule has 1 N–H and O–H groups in total. The zero-order valence-corrected chi connectivity index (χ0v) is 13.0. The molecule has 0 spiro atoms. The second kappa shape index (κ2) is 6.77. The van der Waals surface area contributed by atoms with Crippen molar-refractivity contribution >= 4 is 21.8 Å². The molecule has 1 atom stereocenters. The maximum absolute atomic E-state index is 12.1. The number of amides is 1. The second-order valence-corrected chi connectivity index (χ2v) is 6.34. The average molecular weight is 304 g/mol. The van der Waals surface area contributed by atoms with Gasteiger partial charge in [0.1, 0.15) is 0 Å². The minimum atomic E-state index is 0.0194. The van der Waals surface area contributed by atoms with Crippen molar-refractivity contribution in [2.24, 2.45) is 11.8 Å². The molecule has 1 rings (SSSR count). The van der Waals surface area contributed by atoms with Crippen LogP contribution in [0.25, 0.3) is 0 Å². The first kappa shape index (κ1) is 15.0. The molecule has 1 aliphatic carbocycles. The van der Waals surface area contributed by atoms with Gasteiger partial charge in [-0.2, -0.15) is 0 Å². The van der Waals surface area contributed by atoms with Crippen molar-refractivity contribution in [3.05, 3.63) is 0 Å². The molecule has 1 aliphatic rings. The van der Waals surface area contributed by atoms with E-state index in [-0.39, 0.29) is 17.4 Å². The summed E-state index contributed by atoms with van der Waals surface area (Å²) in [5, 5.41) is 4.19. The van der Waals surface area contributed by atoms with Crippen LogP contribution >= 0.6 is 15.9 Å². The topological polar surface area (TPSA) is 29.1 Å². The number of alkyl halides is 1. The van der Waals surface area contributed by atoms with Crippen LogP contribution in [0.3, 0.4) is 0 Å². The lowest BCUT2D eigenvalue weighted by Gasteiger charge is -2.39. The van der Waals surface area contributed by atoms with Gasteiger partial charge in [-0.05, 0) is 38.0 Å². The van der Waals surface area contributed by atoms with Gasteiger partial charge in [0.2, 0.25) is 5.91 Å². The molecule has 1 amide bonds. The van der Waals surface area contributed by atoms with Gasteiger partial charge in [0, 0.05) is 16.8 Å². The van der Waals surface area contributed by atoms with Crippen LogP contribution in [0, 0.1) is 11.8 Å². The number of nitrogens with one attached hydrogen (secondary N) is 1. The zero-order chi connectivity index (χ0) is 12.9. The Hall–Kier alpha value is -0.0500. The van der Waals surface area contributed by atoms with Crippen molar-refractivity contribution < 1.29 is 4.79 Å². The Labute approximate surface area is 114 Å². The van der Waals surface area contributed by atoms with Gasteiger partial charge >= 0.3 is 0 Å². The highest BCUT2D eigenvalue weighted by molar-refractivity contribution is 9.09. The smallest absolute Gasteiger partial charge is 0.223 e. The highest BCUT2D eigenvalue weighted by Crippen LogP contribution is 2.33. The van der Waals surface area contributed by atoms with E-state index in [2.05, 4.69) is 35.1 Å². The van der Waals surface area contributed by atoms with E-state index < -0.39 is 0 Å². The zero-order valence-electron chi connectivity index (χ0n) is 11.4. The number of halogens is 1. The lowest BCUT2D eigenvalue weighted by atomic mass is 9.78. The van der Waals surface area contributed by atoms with E-state index in [0.717, 1.165) is 36.9 Å². The SMILES string of the molecule is CCCC(C)C(=O)NC1(CBr)CCC(C)CC1. The summed E-state index contributed by atoms with van der Waals surface area (Å²) in [4.78, 5) is 12.1. The molecule has 17 heavy (non-hydrogen) atoms. The average Bonchev–Trinajstić information content (AvgIpc) is 2.33. The third kappa shape index (κ3) is 4.27. The number of rotatable bonds is 5. The first-order valence-corrected chi connectivity index (χ1v) is 8.03. The Balaban J connectivity index is 2.54. The first-order chi connectivity index (χ1) is 8.03. The molecular formula is C14H26BrNO. The van der Waals surface area contributed by atoms with Crippen LogP contribution in [0.1, 0.15) is 59.3 Å². The van der Waals surface area contributed by atoms with Crippen molar-refractivity contribution in [1.29, 1.82) is 0 Å². The van der Waals surface area contributed by atoms with Gasteiger partial charge < -0.3 is 5.32 Å². The van der Waals surface area contributed by atoms with Gasteiger partial charge in [-0.25, -0.2) is 0 Å². The normalized spacial score (nSPS) is 30.9. The molecule has 0 saturated heterocycles. The molecule has 100 valence electrons. The number of hydrogen-bond acceptors (Lipinski definition) is 1. The Morgan fingerprint density at radius 2 is 2.06 bits per heavy atom. The summed E-state index contributed by atoms with van der Waals surface area (Å²) in [6.45, 7) is 6.47. The number of carbonyl (C=O) groups excluding carboxylic acids is 1. The quantitative estimate of drug-likeness (QED) is 0.767. The Kier molecular flexibility index (Phi) is 5.98. The monoisotopic (exact) mass is 303 g/mol. The summed E-state index contributed by atoms with van der Waals surface area (Å²) in [6, 6.07) is 0.